The molecule has 0 aliphatic heterocycles. The van der Waals surface area contributed by atoms with E-state index in [4.69, 9.17) is 4.74 Å². The summed E-state index contributed by atoms with van der Waals surface area (Å²) in [6, 6.07) is 0.628. The van der Waals surface area contributed by atoms with Crippen molar-refractivity contribution in [3.8, 4) is 0 Å². The van der Waals surface area contributed by atoms with Gasteiger partial charge in [-0.25, -0.2) is 0 Å². The zero-order valence-corrected chi connectivity index (χ0v) is 12.9. The fourth-order valence-corrected chi connectivity index (χ4v) is 2.63. The van der Waals surface area contributed by atoms with E-state index < -0.39 is 0 Å². The monoisotopic (exact) mass is 271 g/mol. The number of aliphatic hydroxyl groups is 1. The lowest BCUT2D eigenvalue weighted by molar-refractivity contribution is 0.0314. The topological polar surface area (TPSA) is 41.5 Å². The highest BCUT2D eigenvalue weighted by molar-refractivity contribution is 4.82. The fraction of sp³-hybridized carbons (Fsp3) is 1.00. The standard InChI is InChI=1S/C16H33NO2/c1-3-4-5-6-7-8-9-19-13-16(18)12-17-15-10-14(2)11-15/h14-18H,3-13H2,1-2H3. The maximum atomic E-state index is 9.77. The lowest BCUT2D eigenvalue weighted by Crippen LogP contribution is -2.44. The Morgan fingerprint density at radius 1 is 1.16 bits per heavy atom. The molecule has 2 N–H and O–H groups in total. The van der Waals surface area contributed by atoms with E-state index in [0.29, 0.717) is 19.2 Å². The van der Waals surface area contributed by atoms with Gasteiger partial charge in [0, 0.05) is 19.2 Å². The molecule has 1 aliphatic carbocycles. The molecule has 0 aromatic rings. The zero-order valence-electron chi connectivity index (χ0n) is 12.9. The van der Waals surface area contributed by atoms with E-state index in [-0.39, 0.29) is 6.10 Å². The van der Waals surface area contributed by atoms with Gasteiger partial charge >= 0.3 is 0 Å². The highest BCUT2D eigenvalue weighted by Crippen LogP contribution is 2.25. The highest BCUT2D eigenvalue weighted by atomic mass is 16.5. The quantitative estimate of drug-likeness (QED) is 0.536. The molecule has 3 heteroatoms. The minimum absolute atomic E-state index is 0.351. The number of nitrogens with one attached hydrogen (secondary N) is 1. The van der Waals surface area contributed by atoms with Gasteiger partial charge in [0.05, 0.1) is 12.7 Å². The molecule has 1 saturated carbocycles. The number of hydrogen-bond donors (Lipinski definition) is 2. The minimum atomic E-state index is -0.351. The summed E-state index contributed by atoms with van der Waals surface area (Å²) in [5.74, 6) is 0.860. The first-order valence-corrected chi connectivity index (χ1v) is 8.21. The van der Waals surface area contributed by atoms with Gasteiger partial charge in [-0.2, -0.15) is 0 Å². The van der Waals surface area contributed by atoms with E-state index in [9.17, 15) is 5.11 Å². The van der Waals surface area contributed by atoms with Crippen LogP contribution in [0.3, 0.4) is 0 Å². The van der Waals surface area contributed by atoms with Crippen molar-refractivity contribution in [1.82, 2.24) is 5.32 Å². The van der Waals surface area contributed by atoms with Crippen LogP contribution in [-0.4, -0.2) is 37.0 Å². The van der Waals surface area contributed by atoms with Crippen LogP contribution in [0, 0.1) is 5.92 Å². The minimum Gasteiger partial charge on any atom is -0.389 e. The molecule has 114 valence electrons. The molecule has 0 aromatic carbocycles. The molecule has 1 fully saturated rings. The first kappa shape index (κ1) is 16.9. The first-order chi connectivity index (χ1) is 9.22. The molecule has 0 heterocycles. The second-order valence-corrected chi connectivity index (χ2v) is 6.18. The van der Waals surface area contributed by atoms with Crippen molar-refractivity contribution in [2.45, 2.75) is 77.4 Å². The van der Waals surface area contributed by atoms with Gasteiger partial charge in [-0.3, -0.25) is 0 Å². The Kier molecular flexibility index (Phi) is 9.48. The normalized spacial score (nSPS) is 24.2. The molecule has 1 unspecified atom stereocenters. The molecular formula is C16H33NO2. The SMILES string of the molecule is CCCCCCCCOCC(O)CNC1CC(C)C1. The number of hydrogen-bond acceptors (Lipinski definition) is 3. The first-order valence-electron chi connectivity index (χ1n) is 8.21. The van der Waals surface area contributed by atoms with Crippen molar-refractivity contribution in [1.29, 1.82) is 0 Å². The summed E-state index contributed by atoms with van der Waals surface area (Å²) in [6.07, 6.45) is 9.87. The van der Waals surface area contributed by atoms with E-state index in [1.807, 2.05) is 0 Å². The Bertz CT molecular complexity index is 205. The molecule has 0 aromatic heterocycles. The molecule has 0 amide bonds. The van der Waals surface area contributed by atoms with Crippen LogP contribution in [0.1, 0.15) is 65.2 Å². The van der Waals surface area contributed by atoms with Crippen LogP contribution in [-0.2, 0) is 4.74 Å². The fourth-order valence-electron chi connectivity index (χ4n) is 2.63. The summed E-state index contributed by atoms with van der Waals surface area (Å²) in [7, 11) is 0. The third-order valence-electron chi connectivity index (χ3n) is 3.97. The molecule has 3 nitrogen and oxygen atoms in total. The molecule has 1 atom stereocenters. The van der Waals surface area contributed by atoms with Gasteiger partial charge in [-0.1, -0.05) is 46.0 Å². The highest BCUT2D eigenvalue weighted by Gasteiger charge is 2.24. The molecule has 0 bridgehead atoms. The average Bonchev–Trinajstić information content (AvgIpc) is 2.36. The van der Waals surface area contributed by atoms with Gasteiger partial charge in [-0.15, -0.1) is 0 Å². The van der Waals surface area contributed by atoms with Crippen LogP contribution in [0.15, 0.2) is 0 Å². The van der Waals surface area contributed by atoms with E-state index >= 15 is 0 Å². The smallest absolute Gasteiger partial charge is 0.0897 e. The molecule has 0 spiro atoms. The molecule has 1 rings (SSSR count). The summed E-state index contributed by atoms with van der Waals surface area (Å²) in [6.45, 7) is 6.46. The van der Waals surface area contributed by atoms with Crippen molar-refractivity contribution in [3.63, 3.8) is 0 Å². The Hall–Kier alpha value is -0.120. The Morgan fingerprint density at radius 2 is 1.84 bits per heavy atom. The molecule has 0 radical (unpaired) electrons. The summed E-state index contributed by atoms with van der Waals surface area (Å²) in [4.78, 5) is 0. The Labute approximate surface area is 119 Å². The van der Waals surface area contributed by atoms with Crippen LogP contribution >= 0.6 is 0 Å². The van der Waals surface area contributed by atoms with Gasteiger partial charge in [-0.05, 0) is 25.2 Å². The van der Waals surface area contributed by atoms with E-state index in [0.717, 1.165) is 18.9 Å². The van der Waals surface area contributed by atoms with E-state index in [1.165, 1.54) is 44.9 Å². The molecule has 1 aliphatic rings. The van der Waals surface area contributed by atoms with Gasteiger partial charge in [0.15, 0.2) is 0 Å². The van der Waals surface area contributed by atoms with Crippen LogP contribution in [0.25, 0.3) is 0 Å². The van der Waals surface area contributed by atoms with Crippen LogP contribution in [0.4, 0.5) is 0 Å². The summed E-state index contributed by atoms with van der Waals surface area (Å²) in [5.41, 5.74) is 0. The maximum Gasteiger partial charge on any atom is 0.0897 e. The third kappa shape index (κ3) is 8.61. The van der Waals surface area contributed by atoms with Crippen molar-refractivity contribution in [2.24, 2.45) is 5.92 Å². The van der Waals surface area contributed by atoms with Gasteiger partial charge < -0.3 is 15.2 Å². The number of rotatable bonds is 12. The lowest BCUT2D eigenvalue weighted by Gasteiger charge is -2.34. The van der Waals surface area contributed by atoms with Crippen LogP contribution in [0.5, 0.6) is 0 Å². The van der Waals surface area contributed by atoms with Crippen molar-refractivity contribution in [2.75, 3.05) is 19.8 Å². The predicted octanol–water partition coefficient (Wildman–Crippen LogP) is 3.11. The van der Waals surface area contributed by atoms with Gasteiger partial charge in [0.2, 0.25) is 0 Å². The average molecular weight is 271 g/mol. The van der Waals surface area contributed by atoms with Crippen molar-refractivity contribution in [3.05, 3.63) is 0 Å². The van der Waals surface area contributed by atoms with Crippen molar-refractivity contribution < 1.29 is 9.84 Å². The lowest BCUT2D eigenvalue weighted by atomic mass is 9.82. The Balaban J connectivity index is 1.78. The van der Waals surface area contributed by atoms with Gasteiger partial charge in [0.25, 0.3) is 0 Å². The van der Waals surface area contributed by atoms with Crippen LogP contribution < -0.4 is 5.32 Å². The largest absolute Gasteiger partial charge is 0.389 e. The van der Waals surface area contributed by atoms with Gasteiger partial charge in [0.1, 0.15) is 0 Å². The number of ether oxygens (including phenoxy) is 1. The van der Waals surface area contributed by atoms with E-state index in [1.54, 1.807) is 0 Å². The summed E-state index contributed by atoms with van der Waals surface area (Å²) in [5, 5.41) is 13.2. The molecule has 19 heavy (non-hydrogen) atoms. The second-order valence-electron chi connectivity index (χ2n) is 6.18. The Morgan fingerprint density at radius 3 is 2.53 bits per heavy atom. The predicted molar refractivity (Wildman–Crippen MR) is 80.4 cm³/mol. The number of aliphatic hydroxyl groups excluding tert-OH is 1. The zero-order chi connectivity index (χ0) is 13.9. The van der Waals surface area contributed by atoms with Crippen LogP contribution in [0.2, 0.25) is 0 Å². The van der Waals surface area contributed by atoms with Crippen molar-refractivity contribution >= 4 is 0 Å². The maximum absolute atomic E-state index is 9.77. The number of unbranched alkanes of at least 4 members (excludes halogenated alkanes) is 5. The molecule has 0 saturated heterocycles. The summed E-state index contributed by atoms with van der Waals surface area (Å²) < 4.78 is 5.52. The second kappa shape index (κ2) is 10.6. The third-order valence-corrected chi connectivity index (χ3v) is 3.97. The molecular weight excluding hydrogens is 238 g/mol. The van der Waals surface area contributed by atoms with E-state index in [2.05, 4.69) is 19.2 Å². The summed E-state index contributed by atoms with van der Waals surface area (Å²) >= 11 is 0.